The first-order valence-corrected chi connectivity index (χ1v) is 13.7. The van der Waals surface area contributed by atoms with Crippen LogP contribution in [0.15, 0.2) is 17.5 Å². The summed E-state index contributed by atoms with van der Waals surface area (Å²) in [6.45, 7) is 4.07. The minimum atomic E-state index is -1.22. The number of hydrogen-bond donors (Lipinski definition) is 8. The quantitative estimate of drug-likeness (QED) is 0.0602. The summed E-state index contributed by atoms with van der Waals surface area (Å²) in [6.07, 6.45) is 6.12. The predicted octanol–water partition coefficient (Wildman–Crippen LogP) is -1.33. The Morgan fingerprint density at radius 3 is 2.24 bits per heavy atom. The lowest BCUT2D eigenvalue weighted by Gasteiger charge is -2.26. The molecule has 0 radical (unpaired) electrons. The Hall–Kier alpha value is -3.33. The Kier molecular flexibility index (Phi) is 14.8. The summed E-state index contributed by atoms with van der Waals surface area (Å²) in [5, 5.41) is 17.5. The SMILES string of the molecule is CSCCC(NC(=O)C(N)CCCN=C(N)N)C(=O)NC(CC(C)C)C(=O)NC(Cc1cnc[nH]1)C(=O)O. The molecule has 0 saturated carbocycles. The number of H-pyrrole nitrogens is 1. The molecule has 3 amide bonds. The molecular weight excluding hydrogens is 514 g/mol. The highest BCUT2D eigenvalue weighted by molar-refractivity contribution is 7.98. The number of aromatic nitrogens is 2. The van der Waals surface area contributed by atoms with Crippen LogP contribution in [-0.2, 0) is 25.6 Å². The average molecular weight is 556 g/mol. The molecule has 0 aliphatic rings. The maximum Gasteiger partial charge on any atom is 0.326 e. The maximum atomic E-state index is 13.2. The Labute approximate surface area is 226 Å². The van der Waals surface area contributed by atoms with Crippen LogP contribution in [0.1, 0.15) is 45.2 Å². The molecule has 0 aromatic carbocycles. The lowest BCUT2D eigenvalue weighted by molar-refractivity contribution is -0.142. The molecule has 0 spiro atoms. The van der Waals surface area contributed by atoms with E-state index in [1.165, 1.54) is 24.3 Å². The van der Waals surface area contributed by atoms with Crippen molar-refractivity contribution in [1.82, 2.24) is 25.9 Å². The molecule has 0 saturated heterocycles. The average Bonchev–Trinajstić information content (AvgIpc) is 3.35. The van der Waals surface area contributed by atoms with Crippen LogP contribution in [0.25, 0.3) is 0 Å². The highest BCUT2D eigenvalue weighted by Crippen LogP contribution is 2.09. The van der Waals surface area contributed by atoms with Gasteiger partial charge in [0.1, 0.15) is 18.1 Å². The zero-order valence-electron chi connectivity index (χ0n) is 22.1. The minimum Gasteiger partial charge on any atom is -0.480 e. The summed E-state index contributed by atoms with van der Waals surface area (Å²) in [5.74, 6) is -2.38. The third kappa shape index (κ3) is 12.8. The number of imidazole rings is 1. The molecule has 1 aromatic rings. The highest BCUT2D eigenvalue weighted by atomic mass is 32.2. The topological polar surface area (TPSA) is 244 Å². The summed E-state index contributed by atoms with van der Waals surface area (Å²) in [6, 6.07) is -4.03. The molecule has 0 aliphatic carbocycles. The van der Waals surface area contributed by atoms with Crippen molar-refractivity contribution >= 4 is 41.4 Å². The van der Waals surface area contributed by atoms with E-state index >= 15 is 0 Å². The van der Waals surface area contributed by atoms with Crippen LogP contribution in [0, 0.1) is 5.92 Å². The monoisotopic (exact) mass is 555 g/mol. The second-order valence-electron chi connectivity index (χ2n) is 9.27. The van der Waals surface area contributed by atoms with Gasteiger partial charge in [-0.3, -0.25) is 19.4 Å². The van der Waals surface area contributed by atoms with Gasteiger partial charge in [0.05, 0.1) is 12.4 Å². The van der Waals surface area contributed by atoms with Gasteiger partial charge in [-0.25, -0.2) is 9.78 Å². The fourth-order valence-corrected chi connectivity index (χ4v) is 3.97. The van der Waals surface area contributed by atoms with Gasteiger partial charge in [0.2, 0.25) is 17.7 Å². The molecule has 0 aliphatic heterocycles. The number of amides is 3. The number of rotatable bonds is 18. The van der Waals surface area contributed by atoms with Gasteiger partial charge in [0.25, 0.3) is 0 Å². The lowest BCUT2D eigenvalue weighted by Crippen LogP contribution is -2.57. The number of nitrogens with one attached hydrogen (secondary N) is 4. The van der Waals surface area contributed by atoms with Gasteiger partial charge in [-0.05, 0) is 43.6 Å². The van der Waals surface area contributed by atoms with Crippen LogP contribution in [0.3, 0.4) is 0 Å². The van der Waals surface area contributed by atoms with Gasteiger partial charge in [-0.1, -0.05) is 13.8 Å². The van der Waals surface area contributed by atoms with Crippen molar-refractivity contribution in [3.63, 3.8) is 0 Å². The van der Waals surface area contributed by atoms with Gasteiger partial charge in [-0.2, -0.15) is 11.8 Å². The molecule has 0 fully saturated rings. The summed E-state index contributed by atoms with van der Waals surface area (Å²) in [7, 11) is 0. The number of carbonyl (C=O) groups is 4. The molecule has 1 rings (SSSR count). The number of hydrogen-bond acceptors (Lipinski definition) is 8. The lowest BCUT2D eigenvalue weighted by atomic mass is 10.0. The number of carboxylic acid groups (broad SMARTS) is 1. The van der Waals surface area contributed by atoms with E-state index in [1.54, 1.807) is 0 Å². The van der Waals surface area contributed by atoms with Crippen molar-refractivity contribution in [2.45, 2.75) is 70.1 Å². The molecule has 1 heterocycles. The smallest absolute Gasteiger partial charge is 0.326 e. The van der Waals surface area contributed by atoms with E-state index in [0.29, 0.717) is 37.3 Å². The standard InChI is InChI=1S/C23H41N9O5S/c1-13(2)9-17(21(35)32-18(22(36)37)10-14-11-27-12-29-14)31-20(34)16(6-8-38-3)30-19(33)15(24)5-4-7-28-23(25)26/h11-13,15-18H,4-10,24H2,1-3H3,(H,27,29)(H,30,33)(H,31,34)(H,32,35)(H,36,37)(H4,25,26,28). The van der Waals surface area contributed by atoms with Gasteiger partial charge < -0.3 is 43.2 Å². The van der Waals surface area contributed by atoms with Crippen LogP contribution >= 0.6 is 11.8 Å². The summed E-state index contributed by atoms with van der Waals surface area (Å²) in [4.78, 5) is 61.2. The molecule has 4 unspecified atom stereocenters. The van der Waals surface area contributed by atoms with Crippen molar-refractivity contribution in [1.29, 1.82) is 0 Å². The van der Waals surface area contributed by atoms with E-state index in [1.807, 2.05) is 20.1 Å². The van der Waals surface area contributed by atoms with E-state index in [-0.39, 0.29) is 24.7 Å². The molecule has 38 heavy (non-hydrogen) atoms. The number of carboxylic acids is 1. The van der Waals surface area contributed by atoms with Gasteiger partial charge >= 0.3 is 5.97 Å². The molecule has 14 nitrogen and oxygen atoms in total. The number of guanidine groups is 1. The number of aliphatic carboxylic acids is 1. The van der Waals surface area contributed by atoms with Crippen molar-refractivity contribution in [3.05, 3.63) is 18.2 Å². The Bertz CT molecular complexity index is 922. The molecule has 15 heteroatoms. The molecule has 1 aromatic heterocycles. The van der Waals surface area contributed by atoms with E-state index in [0.717, 1.165) is 0 Å². The first kappa shape index (κ1) is 32.7. The second-order valence-corrected chi connectivity index (χ2v) is 10.3. The predicted molar refractivity (Wildman–Crippen MR) is 146 cm³/mol. The number of nitrogens with two attached hydrogens (primary N) is 3. The number of aromatic amines is 1. The molecular formula is C23H41N9O5S. The normalized spacial score (nSPS) is 14.1. The van der Waals surface area contributed by atoms with E-state index < -0.39 is 47.9 Å². The van der Waals surface area contributed by atoms with E-state index in [9.17, 15) is 24.3 Å². The van der Waals surface area contributed by atoms with Gasteiger partial charge in [-0.15, -0.1) is 0 Å². The molecule has 214 valence electrons. The fraction of sp³-hybridized carbons (Fsp3) is 0.652. The van der Waals surface area contributed by atoms with Crippen LogP contribution in [0.4, 0.5) is 0 Å². The first-order chi connectivity index (χ1) is 17.9. The maximum absolute atomic E-state index is 13.2. The van der Waals surface area contributed by atoms with Crippen molar-refractivity contribution in [2.75, 3.05) is 18.6 Å². The molecule has 0 bridgehead atoms. The van der Waals surface area contributed by atoms with Crippen LogP contribution in [-0.4, -0.2) is 87.4 Å². The van der Waals surface area contributed by atoms with E-state index in [2.05, 4.69) is 30.9 Å². The zero-order chi connectivity index (χ0) is 28.7. The first-order valence-electron chi connectivity index (χ1n) is 12.4. The summed E-state index contributed by atoms with van der Waals surface area (Å²) >= 11 is 1.50. The highest BCUT2D eigenvalue weighted by Gasteiger charge is 2.30. The van der Waals surface area contributed by atoms with Crippen molar-refractivity contribution in [3.8, 4) is 0 Å². The molecule has 11 N–H and O–H groups in total. The Morgan fingerprint density at radius 1 is 1.05 bits per heavy atom. The van der Waals surface area contributed by atoms with Crippen molar-refractivity contribution < 1.29 is 24.3 Å². The number of thioether (sulfide) groups is 1. The van der Waals surface area contributed by atoms with Crippen LogP contribution < -0.4 is 33.2 Å². The zero-order valence-corrected chi connectivity index (χ0v) is 22.9. The van der Waals surface area contributed by atoms with Crippen molar-refractivity contribution in [2.24, 2.45) is 28.1 Å². The third-order valence-electron chi connectivity index (χ3n) is 5.48. The van der Waals surface area contributed by atoms with Gasteiger partial charge in [0.15, 0.2) is 5.96 Å². The Morgan fingerprint density at radius 2 is 1.68 bits per heavy atom. The summed E-state index contributed by atoms with van der Waals surface area (Å²) in [5.41, 5.74) is 17.1. The van der Waals surface area contributed by atoms with Crippen LogP contribution in [0.5, 0.6) is 0 Å². The number of nitrogens with zero attached hydrogens (tertiary/aromatic N) is 2. The van der Waals surface area contributed by atoms with Gasteiger partial charge in [0, 0.05) is 24.9 Å². The number of carbonyl (C=O) groups excluding carboxylic acids is 3. The summed E-state index contributed by atoms with van der Waals surface area (Å²) < 4.78 is 0. The number of aliphatic imine (C=N–C) groups is 1. The van der Waals surface area contributed by atoms with E-state index in [4.69, 9.17) is 17.2 Å². The fourth-order valence-electron chi connectivity index (χ4n) is 3.50. The van der Waals surface area contributed by atoms with Crippen LogP contribution in [0.2, 0.25) is 0 Å². The second kappa shape index (κ2) is 17.2. The largest absolute Gasteiger partial charge is 0.480 e. The molecule has 4 atom stereocenters. The third-order valence-corrected chi connectivity index (χ3v) is 6.13. The Balaban J connectivity index is 2.89. The minimum absolute atomic E-state index is 0.00308.